The summed E-state index contributed by atoms with van der Waals surface area (Å²) in [5.41, 5.74) is 1.65. The second-order valence-electron chi connectivity index (χ2n) is 7.28. The Bertz CT molecular complexity index is 832. The molecular formula is C19H20F4O3S. The molecule has 2 atom stereocenters. The molecule has 0 saturated heterocycles. The number of hydrogen-bond acceptors (Lipinski definition) is 2. The van der Waals surface area contributed by atoms with E-state index in [1.165, 1.54) is 0 Å². The lowest BCUT2D eigenvalue weighted by Crippen LogP contribution is -2.15. The normalized spacial score (nSPS) is 14.1. The molecule has 0 spiro atoms. The Labute approximate surface area is 157 Å². The molecule has 0 radical (unpaired) electrons. The lowest BCUT2D eigenvalue weighted by Gasteiger charge is -2.27. The monoisotopic (exact) mass is 404 g/mol. The van der Waals surface area contributed by atoms with Crippen LogP contribution in [0.25, 0.3) is 0 Å². The molecular weight excluding hydrogens is 384 g/mol. The lowest BCUT2D eigenvalue weighted by atomic mass is 9.78. The first kappa shape index (κ1) is 21.4. The highest BCUT2D eigenvalue weighted by Gasteiger charge is 2.29. The van der Waals surface area contributed by atoms with Crippen LogP contribution in [0.5, 0.6) is 5.75 Å². The van der Waals surface area contributed by atoms with Gasteiger partial charge in [0, 0.05) is 0 Å². The van der Waals surface area contributed by atoms with E-state index < -0.39 is 45.0 Å². The molecule has 0 amide bonds. The summed E-state index contributed by atoms with van der Waals surface area (Å²) in [5, 5.41) is 0. The topological polar surface area (TPSA) is 46.5 Å². The molecule has 2 rings (SSSR count). The SMILES string of the molecule is CC(c1ccc(COc2c(F)c(F)c(S(=O)O)c(F)c2F)cc1)C(C)(C)C. The van der Waals surface area contributed by atoms with Gasteiger partial charge in [0.15, 0.2) is 28.5 Å². The smallest absolute Gasteiger partial charge is 0.205 e. The van der Waals surface area contributed by atoms with Crippen LogP contribution >= 0.6 is 0 Å². The summed E-state index contributed by atoms with van der Waals surface area (Å²) in [4.78, 5) is -1.59. The van der Waals surface area contributed by atoms with Crippen LogP contribution in [0.1, 0.15) is 44.7 Å². The highest BCUT2D eigenvalue weighted by Crippen LogP contribution is 2.35. The van der Waals surface area contributed by atoms with E-state index in [-0.39, 0.29) is 17.9 Å². The van der Waals surface area contributed by atoms with Crippen molar-refractivity contribution in [3.05, 3.63) is 58.7 Å². The zero-order chi connectivity index (χ0) is 20.5. The standard InChI is InChI=1S/C19H20F4O3S/c1-10(19(2,3)4)12-7-5-11(6-8-12)9-26-17-13(20)15(22)18(27(24)25)16(23)14(17)21/h5-8,10H,9H2,1-4H3,(H,24,25). The molecule has 0 aliphatic rings. The van der Waals surface area contributed by atoms with Crippen LogP contribution in [-0.4, -0.2) is 8.76 Å². The van der Waals surface area contributed by atoms with Crippen molar-refractivity contribution >= 4 is 11.1 Å². The zero-order valence-corrected chi connectivity index (χ0v) is 16.1. The maximum atomic E-state index is 13.9. The average molecular weight is 404 g/mol. The van der Waals surface area contributed by atoms with E-state index in [2.05, 4.69) is 27.7 Å². The predicted octanol–water partition coefficient (Wildman–Crippen LogP) is 5.55. The second kappa shape index (κ2) is 7.98. The Morgan fingerprint density at radius 3 is 1.89 bits per heavy atom. The Morgan fingerprint density at radius 1 is 1.00 bits per heavy atom. The van der Waals surface area contributed by atoms with E-state index in [9.17, 15) is 21.8 Å². The van der Waals surface area contributed by atoms with Crippen LogP contribution < -0.4 is 4.74 Å². The number of ether oxygens (including phenoxy) is 1. The van der Waals surface area contributed by atoms with Crippen LogP contribution in [-0.2, 0) is 17.7 Å². The molecule has 8 heteroatoms. The van der Waals surface area contributed by atoms with Gasteiger partial charge < -0.3 is 9.29 Å². The Hall–Kier alpha value is -1.93. The van der Waals surface area contributed by atoms with Gasteiger partial charge in [0.25, 0.3) is 0 Å². The quantitative estimate of drug-likeness (QED) is 0.404. The highest BCUT2D eigenvalue weighted by molar-refractivity contribution is 7.79. The number of benzene rings is 2. The van der Waals surface area contributed by atoms with Crippen molar-refractivity contribution in [3.63, 3.8) is 0 Å². The highest BCUT2D eigenvalue weighted by atomic mass is 32.2. The van der Waals surface area contributed by atoms with Crippen LogP contribution in [0, 0.1) is 28.7 Å². The van der Waals surface area contributed by atoms with Gasteiger partial charge >= 0.3 is 0 Å². The van der Waals surface area contributed by atoms with Gasteiger partial charge in [0.2, 0.25) is 11.6 Å². The predicted molar refractivity (Wildman–Crippen MR) is 94.0 cm³/mol. The molecule has 2 unspecified atom stereocenters. The average Bonchev–Trinajstić information content (AvgIpc) is 2.59. The minimum absolute atomic E-state index is 0.0495. The fraction of sp³-hybridized carbons (Fsp3) is 0.368. The van der Waals surface area contributed by atoms with Gasteiger partial charge in [-0.1, -0.05) is 52.0 Å². The summed E-state index contributed by atoms with van der Waals surface area (Å²) in [5.74, 6) is -8.64. The van der Waals surface area contributed by atoms with E-state index in [0.717, 1.165) is 5.56 Å². The molecule has 0 aliphatic carbocycles. The molecule has 0 saturated carbocycles. The van der Waals surface area contributed by atoms with Crippen LogP contribution in [0.15, 0.2) is 29.2 Å². The van der Waals surface area contributed by atoms with Crippen molar-refractivity contribution in [1.29, 1.82) is 0 Å². The van der Waals surface area contributed by atoms with Gasteiger partial charge in [-0.05, 0) is 22.5 Å². The van der Waals surface area contributed by atoms with Crippen molar-refractivity contribution < 1.29 is 31.1 Å². The van der Waals surface area contributed by atoms with E-state index in [0.29, 0.717) is 5.56 Å². The van der Waals surface area contributed by atoms with E-state index in [1.807, 2.05) is 12.1 Å². The first-order valence-corrected chi connectivity index (χ1v) is 9.24. The molecule has 27 heavy (non-hydrogen) atoms. The van der Waals surface area contributed by atoms with Crippen LogP contribution in [0.4, 0.5) is 17.6 Å². The van der Waals surface area contributed by atoms with Crippen molar-refractivity contribution in [1.82, 2.24) is 0 Å². The third-order valence-electron chi connectivity index (χ3n) is 4.52. The maximum absolute atomic E-state index is 13.9. The summed E-state index contributed by atoms with van der Waals surface area (Å²) < 4.78 is 79.8. The van der Waals surface area contributed by atoms with Gasteiger partial charge in [-0.2, -0.15) is 8.78 Å². The van der Waals surface area contributed by atoms with Crippen molar-refractivity contribution in [3.8, 4) is 5.75 Å². The summed E-state index contributed by atoms with van der Waals surface area (Å²) in [6.45, 7) is 8.05. The summed E-state index contributed by atoms with van der Waals surface area (Å²) in [6.07, 6.45) is 0. The minimum atomic E-state index is -3.22. The zero-order valence-electron chi connectivity index (χ0n) is 15.3. The first-order valence-electron chi connectivity index (χ1n) is 8.13. The van der Waals surface area contributed by atoms with Gasteiger partial charge in [0.05, 0.1) is 0 Å². The number of hydrogen-bond donors (Lipinski definition) is 1. The molecule has 2 aromatic carbocycles. The Morgan fingerprint density at radius 2 is 1.48 bits per heavy atom. The fourth-order valence-electron chi connectivity index (χ4n) is 2.43. The summed E-state index contributed by atoms with van der Waals surface area (Å²) in [7, 11) is 0. The molecule has 0 aliphatic heterocycles. The largest absolute Gasteiger partial charge is 0.483 e. The van der Waals surface area contributed by atoms with Gasteiger partial charge in [-0.15, -0.1) is 0 Å². The first-order chi connectivity index (χ1) is 12.4. The second-order valence-corrected chi connectivity index (χ2v) is 8.19. The number of rotatable bonds is 5. The maximum Gasteiger partial charge on any atom is 0.205 e. The molecule has 0 heterocycles. The van der Waals surface area contributed by atoms with E-state index in [4.69, 9.17) is 9.29 Å². The molecule has 3 nitrogen and oxygen atoms in total. The van der Waals surface area contributed by atoms with Gasteiger partial charge in [-0.3, -0.25) is 0 Å². The molecule has 2 aromatic rings. The van der Waals surface area contributed by atoms with Crippen LogP contribution in [0.3, 0.4) is 0 Å². The third kappa shape index (κ3) is 4.50. The molecule has 1 N–H and O–H groups in total. The van der Waals surface area contributed by atoms with Crippen LogP contribution in [0.2, 0.25) is 0 Å². The number of halogens is 4. The minimum Gasteiger partial charge on any atom is -0.483 e. The molecule has 148 valence electrons. The third-order valence-corrected chi connectivity index (χ3v) is 5.23. The molecule has 0 fully saturated rings. The van der Waals surface area contributed by atoms with Gasteiger partial charge in [-0.25, -0.2) is 13.0 Å². The van der Waals surface area contributed by atoms with Crippen molar-refractivity contribution in [2.24, 2.45) is 5.41 Å². The van der Waals surface area contributed by atoms with E-state index >= 15 is 0 Å². The van der Waals surface area contributed by atoms with E-state index in [1.54, 1.807) is 12.1 Å². The fourth-order valence-corrected chi connectivity index (χ4v) is 2.92. The molecule has 0 aromatic heterocycles. The molecule has 0 bridgehead atoms. The van der Waals surface area contributed by atoms with Crippen molar-refractivity contribution in [2.75, 3.05) is 0 Å². The summed E-state index contributed by atoms with van der Waals surface area (Å²) >= 11 is -3.22. The van der Waals surface area contributed by atoms with Gasteiger partial charge in [0.1, 0.15) is 11.5 Å². The Kier molecular flexibility index (Phi) is 6.32. The summed E-state index contributed by atoms with van der Waals surface area (Å²) in [6, 6.07) is 7.08. The van der Waals surface area contributed by atoms with Crippen molar-refractivity contribution in [2.45, 2.75) is 45.1 Å². The Balaban J connectivity index is 2.24. The lowest BCUT2D eigenvalue weighted by molar-refractivity contribution is 0.257.